The molecule has 1 amide bonds. The van der Waals surface area contributed by atoms with Crippen LogP contribution in [0.15, 0.2) is 17.0 Å². The van der Waals surface area contributed by atoms with Crippen molar-refractivity contribution in [2.24, 2.45) is 5.92 Å². The zero-order chi connectivity index (χ0) is 16.7. The minimum Gasteiger partial charge on any atom is -0.396 e. The number of hydrogen-bond acceptors (Lipinski definition) is 4. The van der Waals surface area contributed by atoms with Crippen molar-refractivity contribution in [1.29, 1.82) is 0 Å². The standard InChI is InChI=1S/C13H16Cl2N2O4S/c1-7-5-12(11(15)6-10(7)14)22(20,21)17-8(2)9(3-4-18)13(19)16-17/h5-6,8-9,18H,3-4H2,1-2H3,(H,16,19). The molecule has 2 atom stereocenters. The lowest BCUT2D eigenvalue weighted by Crippen LogP contribution is -2.42. The third kappa shape index (κ3) is 2.96. The van der Waals surface area contributed by atoms with Crippen molar-refractivity contribution in [1.82, 2.24) is 9.84 Å². The van der Waals surface area contributed by atoms with Crippen LogP contribution < -0.4 is 5.43 Å². The van der Waals surface area contributed by atoms with Crippen LogP contribution in [0.3, 0.4) is 0 Å². The monoisotopic (exact) mass is 366 g/mol. The molecule has 1 aliphatic rings. The highest BCUT2D eigenvalue weighted by atomic mass is 35.5. The first kappa shape index (κ1) is 17.5. The third-order valence-electron chi connectivity index (χ3n) is 3.70. The molecule has 1 saturated heterocycles. The Morgan fingerprint density at radius 3 is 2.55 bits per heavy atom. The number of nitrogens with one attached hydrogen (secondary N) is 1. The maximum atomic E-state index is 12.7. The summed E-state index contributed by atoms with van der Waals surface area (Å²) in [4.78, 5) is 11.8. The van der Waals surface area contributed by atoms with Gasteiger partial charge in [-0.05, 0) is 38.0 Å². The highest BCUT2D eigenvalue weighted by molar-refractivity contribution is 7.89. The number of hydrogen-bond donors (Lipinski definition) is 2. The Kier molecular flexibility index (Phi) is 5.03. The van der Waals surface area contributed by atoms with Crippen molar-refractivity contribution in [2.75, 3.05) is 6.61 Å². The van der Waals surface area contributed by atoms with Crippen molar-refractivity contribution < 1.29 is 18.3 Å². The Balaban J connectivity index is 2.44. The molecule has 122 valence electrons. The van der Waals surface area contributed by atoms with Crippen molar-refractivity contribution in [2.45, 2.75) is 31.2 Å². The summed E-state index contributed by atoms with van der Waals surface area (Å²) in [6, 6.07) is 2.11. The minimum absolute atomic E-state index is 0.0114. The molecule has 2 unspecified atom stereocenters. The lowest BCUT2D eigenvalue weighted by atomic mass is 10.00. The Bertz CT molecular complexity index is 708. The van der Waals surface area contributed by atoms with Gasteiger partial charge in [-0.25, -0.2) is 8.42 Å². The molecule has 0 bridgehead atoms. The third-order valence-corrected chi connectivity index (χ3v) is 6.37. The van der Waals surface area contributed by atoms with E-state index in [9.17, 15) is 13.2 Å². The fourth-order valence-electron chi connectivity index (χ4n) is 2.40. The number of carbonyl (C=O) groups is 1. The Morgan fingerprint density at radius 2 is 1.95 bits per heavy atom. The van der Waals surface area contributed by atoms with Gasteiger partial charge in [-0.15, -0.1) is 4.41 Å². The summed E-state index contributed by atoms with van der Waals surface area (Å²) in [5.41, 5.74) is 2.91. The first-order valence-electron chi connectivity index (χ1n) is 6.61. The van der Waals surface area contributed by atoms with Gasteiger partial charge in [0.25, 0.3) is 10.0 Å². The van der Waals surface area contributed by atoms with Gasteiger partial charge in [0.05, 0.1) is 17.0 Å². The number of rotatable bonds is 4. The molecule has 1 aromatic carbocycles. The first-order chi connectivity index (χ1) is 10.2. The molecule has 1 aromatic rings. The van der Waals surface area contributed by atoms with E-state index in [1.807, 2.05) is 0 Å². The molecule has 0 spiro atoms. The van der Waals surface area contributed by atoms with Gasteiger partial charge >= 0.3 is 0 Å². The van der Waals surface area contributed by atoms with E-state index in [0.717, 1.165) is 4.41 Å². The maximum Gasteiger partial charge on any atom is 0.261 e. The fraction of sp³-hybridized carbons (Fsp3) is 0.462. The van der Waals surface area contributed by atoms with E-state index in [1.165, 1.54) is 12.1 Å². The summed E-state index contributed by atoms with van der Waals surface area (Å²) in [5, 5.41) is 9.35. The van der Waals surface area contributed by atoms with Crippen molar-refractivity contribution in [3.05, 3.63) is 27.7 Å². The molecule has 0 aliphatic carbocycles. The van der Waals surface area contributed by atoms with Crippen LogP contribution in [-0.2, 0) is 14.8 Å². The van der Waals surface area contributed by atoms with Crippen LogP contribution in [0.4, 0.5) is 0 Å². The number of sulfonamides is 1. The topological polar surface area (TPSA) is 86.7 Å². The van der Waals surface area contributed by atoms with E-state index in [0.29, 0.717) is 10.6 Å². The lowest BCUT2D eigenvalue weighted by Gasteiger charge is -2.22. The van der Waals surface area contributed by atoms with Crippen molar-refractivity contribution in [3.8, 4) is 0 Å². The van der Waals surface area contributed by atoms with Gasteiger partial charge in [0.1, 0.15) is 4.90 Å². The number of carbonyl (C=O) groups excluding carboxylic acids is 1. The number of amides is 1. The molecule has 1 fully saturated rings. The Morgan fingerprint density at radius 1 is 1.32 bits per heavy atom. The van der Waals surface area contributed by atoms with E-state index in [2.05, 4.69) is 5.43 Å². The number of aryl methyl sites for hydroxylation is 1. The number of nitrogens with zero attached hydrogens (tertiary/aromatic N) is 1. The normalized spacial score (nSPS) is 22.9. The molecule has 2 N–H and O–H groups in total. The van der Waals surface area contributed by atoms with Crippen LogP contribution in [0.2, 0.25) is 10.0 Å². The SMILES string of the molecule is Cc1cc(S(=O)(=O)N2NC(=O)C(CCO)C2C)c(Cl)cc1Cl. The van der Waals surface area contributed by atoms with Gasteiger partial charge in [0, 0.05) is 11.6 Å². The molecular formula is C13H16Cl2N2O4S. The largest absolute Gasteiger partial charge is 0.396 e. The fourth-order valence-corrected chi connectivity index (χ4v) is 4.71. The van der Waals surface area contributed by atoms with Gasteiger partial charge in [-0.3, -0.25) is 10.2 Å². The van der Waals surface area contributed by atoms with E-state index in [-0.39, 0.29) is 22.9 Å². The quantitative estimate of drug-likeness (QED) is 0.849. The number of aliphatic hydroxyl groups excluding tert-OH is 1. The summed E-state index contributed by atoms with van der Waals surface area (Å²) in [6.45, 7) is 3.07. The van der Waals surface area contributed by atoms with Gasteiger partial charge < -0.3 is 5.11 Å². The number of hydrazine groups is 1. The molecule has 9 heteroatoms. The summed E-state index contributed by atoms with van der Waals surface area (Å²) >= 11 is 11.9. The minimum atomic E-state index is -4.01. The molecule has 0 saturated carbocycles. The number of halogens is 2. The molecule has 22 heavy (non-hydrogen) atoms. The molecule has 0 aromatic heterocycles. The van der Waals surface area contributed by atoms with E-state index in [1.54, 1.807) is 13.8 Å². The first-order valence-corrected chi connectivity index (χ1v) is 8.81. The van der Waals surface area contributed by atoms with Crippen molar-refractivity contribution >= 4 is 39.1 Å². The second-order valence-electron chi connectivity index (χ2n) is 5.17. The highest BCUT2D eigenvalue weighted by Crippen LogP contribution is 2.33. The van der Waals surface area contributed by atoms with E-state index in [4.69, 9.17) is 28.3 Å². The van der Waals surface area contributed by atoms with Crippen LogP contribution in [0.1, 0.15) is 18.9 Å². The summed E-state index contributed by atoms with van der Waals surface area (Å²) < 4.78 is 26.4. The molecule has 0 radical (unpaired) electrons. The molecule has 2 rings (SSSR count). The van der Waals surface area contributed by atoms with Crippen LogP contribution in [0, 0.1) is 12.8 Å². The molecule has 1 heterocycles. The predicted octanol–water partition coefficient (Wildman–Crippen LogP) is 1.72. The smallest absolute Gasteiger partial charge is 0.261 e. The Hall–Kier alpha value is -0.860. The second-order valence-corrected chi connectivity index (χ2v) is 7.77. The van der Waals surface area contributed by atoms with Crippen LogP contribution in [0.25, 0.3) is 0 Å². The van der Waals surface area contributed by atoms with E-state index < -0.39 is 27.9 Å². The summed E-state index contributed by atoms with van der Waals surface area (Å²) in [5.74, 6) is -1.04. The van der Waals surface area contributed by atoms with Crippen LogP contribution in [-0.4, -0.2) is 36.5 Å². The number of benzene rings is 1. The van der Waals surface area contributed by atoms with Gasteiger partial charge in [0.15, 0.2) is 0 Å². The molecule has 1 aliphatic heterocycles. The van der Waals surface area contributed by atoms with E-state index >= 15 is 0 Å². The van der Waals surface area contributed by atoms with Gasteiger partial charge in [-0.1, -0.05) is 23.2 Å². The summed E-state index contributed by atoms with van der Waals surface area (Å²) in [6.07, 6.45) is 0.187. The average Bonchev–Trinajstić information content (AvgIpc) is 2.71. The van der Waals surface area contributed by atoms with Crippen LogP contribution in [0.5, 0.6) is 0 Å². The Labute approximate surface area is 139 Å². The number of aliphatic hydroxyl groups is 1. The lowest BCUT2D eigenvalue weighted by molar-refractivity contribution is -0.123. The average molecular weight is 367 g/mol. The zero-order valence-electron chi connectivity index (χ0n) is 12.0. The molecular weight excluding hydrogens is 351 g/mol. The van der Waals surface area contributed by atoms with Crippen LogP contribution >= 0.6 is 23.2 Å². The summed E-state index contributed by atoms with van der Waals surface area (Å²) in [7, 11) is -4.01. The van der Waals surface area contributed by atoms with Crippen molar-refractivity contribution in [3.63, 3.8) is 0 Å². The molecule has 6 nitrogen and oxygen atoms in total. The van der Waals surface area contributed by atoms with Gasteiger partial charge in [-0.2, -0.15) is 0 Å². The highest BCUT2D eigenvalue weighted by Gasteiger charge is 2.44. The maximum absolute atomic E-state index is 12.7. The van der Waals surface area contributed by atoms with Gasteiger partial charge in [0.2, 0.25) is 5.91 Å². The zero-order valence-corrected chi connectivity index (χ0v) is 14.3. The predicted molar refractivity (Wildman–Crippen MR) is 83.0 cm³/mol. The second kappa shape index (κ2) is 6.33.